The van der Waals surface area contributed by atoms with E-state index in [-0.39, 0.29) is 5.91 Å². The molecular formula is C13H21N3O. The van der Waals surface area contributed by atoms with Gasteiger partial charge in [0.05, 0.1) is 13.1 Å². The number of carbonyl (C=O) groups excluding carboxylic acids is 1. The number of nitrogens with one attached hydrogen (secondary N) is 1. The summed E-state index contributed by atoms with van der Waals surface area (Å²) in [5.74, 6) is 3.49. The molecule has 0 atom stereocenters. The van der Waals surface area contributed by atoms with Gasteiger partial charge in [-0.3, -0.25) is 9.69 Å². The largest absolute Gasteiger partial charge is 0.330 e. The van der Waals surface area contributed by atoms with Crippen LogP contribution >= 0.6 is 0 Å². The van der Waals surface area contributed by atoms with Gasteiger partial charge >= 0.3 is 0 Å². The van der Waals surface area contributed by atoms with Crippen molar-refractivity contribution >= 4 is 5.91 Å². The van der Waals surface area contributed by atoms with Crippen LogP contribution in [0.15, 0.2) is 0 Å². The Balaban J connectivity index is 1.79. The molecule has 0 aromatic heterocycles. The molecule has 2 aliphatic rings. The summed E-state index contributed by atoms with van der Waals surface area (Å²) in [5.41, 5.74) is 0. The van der Waals surface area contributed by atoms with Crippen LogP contribution in [-0.2, 0) is 4.79 Å². The van der Waals surface area contributed by atoms with Crippen molar-refractivity contribution < 1.29 is 4.79 Å². The van der Waals surface area contributed by atoms with Crippen LogP contribution < -0.4 is 5.32 Å². The summed E-state index contributed by atoms with van der Waals surface area (Å²) < 4.78 is 0. The number of nitrogens with zero attached hydrogens (tertiary/aromatic N) is 2. The molecule has 17 heavy (non-hydrogen) atoms. The molecule has 4 nitrogen and oxygen atoms in total. The molecule has 0 aromatic carbocycles. The van der Waals surface area contributed by atoms with Crippen molar-refractivity contribution in [1.29, 1.82) is 0 Å². The zero-order valence-electron chi connectivity index (χ0n) is 10.3. The second-order valence-corrected chi connectivity index (χ2v) is 4.95. The lowest BCUT2D eigenvalue weighted by Crippen LogP contribution is -2.48. The molecule has 0 spiro atoms. The van der Waals surface area contributed by atoms with Crippen molar-refractivity contribution in [1.82, 2.24) is 15.1 Å². The van der Waals surface area contributed by atoms with Crippen LogP contribution in [0.5, 0.6) is 0 Å². The summed E-state index contributed by atoms with van der Waals surface area (Å²) in [4.78, 5) is 16.2. The number of terminal acetylenes is 1. The fourth-order valence-electron chi connectivity index (χ4n) is 2.14. The summed E-state index contributed by atoms with van der Waals surface area (Å²) in [6, 6.07) is 0. The van der Waals surface area contributed by atoms with Crippen molar-refractivity contribution in [2.75, 3.05) is 45.8 Å². The Morgan fingerprint density at radius 3 is 2.71 bits per heavy atom. The molecule has 0 aromatic rings. The molecule has 0 bridgehead atoms. The fourth-order valence-corrected chi connectivity index (χ4v) is 2.14. The van der Waals surface area contributed by atoms with Gasteiger partial charge in [-0.1, -0.05) is 5.92 Å². The predicted octanol–water partition coefficient (Wildman–Crippen LogP) is -0.237. The van der Waals surface area contributed by atoms with Crippen molar-refractivity contribution in [3.05, 3.63) is 0 Å². The van der Waals surface area contributed by atoms with Gasteiger partial charge in [-0.15, -0.1) is 6.42 Å². The summed E-state index contributed by atoms with van der Waals surface area (Å²) in [6.45, 7) is 5.71. The van der Waals surface area contributed by atoms with E-state index < -0.39 is 0 Å². The van der Waals surface area contributed by atoms with Crippen LogP contribution in [0.3, 0.4) is 0 Å². The second kappa shape index (κ2) is 6.04. The van der Waals surface area contributed by atoms with E-state index in [1.54, 1.807) is 0 Å². The van der Waals surface area contributed by atoms with Crippen LogP contribution in [0.25, 0.3) is 0 Å². The maximum absolute atomic E-state index is 12.1. The third-order valence-corrected chi connectivity index (χ3v) is 3.38. The Morgan fingerprint density at radius 2 is 2.12 bits per heavy atom. The smallest absolute Gasteiger partial charge is 0.237 e. The number of piperazine rings is 1. The molecule has 1 amide bonds. The van der Waals surface area contributed by atoms with Crippen LogP contribution in [0.1, 0.15) is 12.8 Å². The third-order valence-electron chi connectivity index (χ3n) is 3.38. The Labute approximate surface area is 103 Å². The first kappa shape index (κ1) is 12.4. The van der Waals surface area contributed by atoms with E-state index in [0.717, 1.165) is 32.7 Å². The van der Waals surface area contributed by atoms with Gasteiger partial charge in [0.25, 0.3) is 0 Å². The van der Waals surface area contributed by atoms with Gasteiger partial charge in [0, 0.05) is 32.7 Å². The molecular weight excluding hydrogens is 214 g/mol. The van der Waals surface area contributed by atoms with Gasteiger partial charge in [-0.05, 0) is 18.8 Å². The monoisotopic (exact) mass is 235 g/mol. The highest BCUT2D eigenvalue weighted by Crippen LogP contribution is 2.29. The van der Waals surface area contributed by atoms with E-state index in [0.29, 0.717) is 19.0 Å². The minimum atomic E-state index is 0.191. The summed E-state index contributed by atoms with van der Waals surface area (Å²) in [7, 11) is 0. The van der Waals surface area contributed by atoms with Crippen molar-refractivity contribution in [2.45, 2.75) is 12.8 Å². The molecule has 2 fully saturated rings. The van der Waals surface area contributed by atoms with Crippen molar-refractivity contribution in [3.8, 4) is 12.3 Å². The number of amides is 1. The Kier molecular flexibility index (Phi) is 4.41. The highest BCUT2D eigenvalue weighted by Gasteiger charge is 2.27. The van der Waals surface area contributed by atoms with E-state index in [4.69, 9.17) is 6.42 Å². The Hall–Kier alpha value is -1.05. The zero-order chi connectivity index (χ0) is 12.1. The first-order valence-electron chi connectivity index (χ1n) is 6.44. The summed E-state index contributed by atoms with van der Waals surface area (Å²) in [6.07, 6.45) is 7.83. The maximum atomic E-state index is 12.1. The molecule has 1 saturated heterocycles. The first-order valence-corrected chi connectivity index (χ1v) is 6.44. The second-order valence-electron chi connectivity index (χ2n) is 4.95. The minimum Gasteiger partial charge on any atom is -0.330 e. The minimum absolute atomic E-state index is 0.191. The number of hydrogen-bond acceptors (Lipinski definition) is 3. The molecule has 1 aliphatic heterocycles. The number of hydrogen-bond donors (Lipinski definition) is 1. The van der Waals surface area contributed by atoms with E-state index >= 15 is 0 Å². The van der Waals surface area contributed by atoms with Gasteiger partial charge < -0.3 is 10.2 Å². The SMILES string of the molecule is C#CCN(CC1CC1)C(=O)CN1CCNCC1. The van der Waals surface area contributed by atoms with E-state index in [9.17, 15) is 4.79 Å². The molecule has 1 N–H and O–H groups in total. The lowest BCUT2D eigenvalue weighted by atomic mass is 10.3. The fraction of sp³-hybridized carbons (Fsp3) is 0.769. The van der Waals surface area contributed by atoms with E-state index in [2.05, 4.69) is 16.1 Å². The van der Waals surface area contributed by atoms with Crippen LogP contribution in [-0.4, -0.2) is 61.5 Å². The van der Waals surface area contributed by atoms with Crippen molar-refractivity contribution in [3.63, 3.8) is 0 Å². The van der Waals surface area contributed by atoms with Gasteiger partial charge in [0.15, 0.2) is 0 Å². The molecule has 0 unspecified atom stereocenters. The van der Waals surface area contributed by atoms with Crippen LogP contribution in [0.2, 0.25) is 0 Å². The lowest BCUT2D eigenvalue weighted by Gasteiger charge is -2.29. The molecule has 1 aliphatic carbocycles. The highest BCUT2D eigenvalue weighted by atomic mass is 16.2. The topological polar surface area (TPSA) is 35.6 Å². The Bertz CT molecular complexity index is 300. The molecule has 94 valence electrons. The number of carbonyl (C=O) groups is 1. The first-order chi connectivity index (χ1) is 8.29. The molecule has 1 heterocycles. The highest BCUT2D eigenvalue weighted by molar-refractivity contribution is 5.78. The molecule has 1 saturated carbocycles. The van der Waals surface area contributed by atoms with Gasteiger partial charge in [0.2, 0.25) is 5.91 Å². The maximum Gasteiger partial charge on any atom is 0.237 e. The molecule has 4 heteroatoms. The standard InChI is InChI=1S/C13H21N3O/c1-2-7-16(10-12-3-4-12)13(17)11-15-8-5-14-6-9-15/h1,12,14H,3-11H2. The van der Waals surface area contributed by atoms with Gasteiger partial charge in [0.1, 0.15) is 0 Å². The van der Waals surface area contributed by atoms with Gasteiger partial charge in [-0.25, -0.2) is 0 Å². The average molecular weight is 235 g/mol. The van der Waals surface area contributed by atoms with Gasteiger partial charge in [-0.2, -0.15) is 0 Å². The quantitative estimate of drug-likeness (QED) is 0.668. The van der Waals surface area contributed by atoms with E-state index in [1.807, 2.05) is 4.90 Å². The average Bonchev–Trinajstić information content (AvgIpc) is 3.14. The number of rotatable bonds is 5. The molecule has 0 radical (unpaired) electrons. The molecule has 2 rings (SSSR count). The Morgan fingerprint density at radius 1 is 1.41 bits per heavy atom. The summed E-state index contributed by atoms with van der Waals surface area (Å²) >= 11 is 0. The predicted molar refractivity (Wildman–Crippen MR) is 67.4 cm³/mol. The van der Waals surface area contributed by atoms with E-state index in [1.165, 1.54) is 12.8 Å². The zero-order valence-corrected chi connectivity index (χ0v) is 10.3. The third kappa shape index (κ3) is 4.03. The normalized spacial score (nSPS) is 20.9. The lowest BCUT2D eigenvalue weighted by molar-refractivity contribution is -0.132. The summed E-state index contributed by atoms with van der Waals surface area (Å²) in [5, 5.41) is 3.29. The van der Waals surface area contributed by atoms with Crippen LogP contribution in [0.4, 0.5) is 0 Å². The van der Waals surface area contributed by atoms with Crippen molar-refractivity contribution in [2.24, 2.45) is 5.92 Å². The van der Waals surface area contributed by atoms with Crippen LogP contribution in [0, 0.1) is 18.3 Å².